The van der Waals surface area contributed by atoms with Crippen LogP contribution >= 0.6 is 0 Å². The van der Waals surface area contributed by atoms with Gasteiger partial charge in [-0.25, -0.2) is 17.6 Å². The van der Waals surface area contributed by atoms with Gasteiger partial charge in [-0.2, -0.15) is 4.31 Å². The summed E-state index contributed by atoms with van der Waals surface area (Å²) in [6.45, 7) is 1.68. The minimum Gasteiger partial charge on any atom is -0.481 e. The summed E-state index contributed by atoms with van der Waals surface area (Å²) in [6.07, 6.45) is 0.793. The first-order chi connectivity index (χ1) is 11.2. The summed E-state index contributed by atoms with van der Waals surface area (Å²) < 4.78 is 44.9. The van der Waals surface area contributed by atoms with Crippen LogP contribution in [0.2, 0.25) is 0 Å². The number of piperidine rings is 1. The topological polar surface area (TPSA) is 101 Å². The van der Waals surface area contributed by atoms with Gasteiger partial charge in [-0.05, 0) is 38.0 Å². The molecule has 0 aromatic heterocycles. The van der Waals surface area contributed by atoms with Crippen molar-refractivity contribution in [1.82, 2.24) is 4.31 Å². The predicted octanol–water partition coefficient (Wildman–Crippen LogP) is 1.49. The molecule has 0 saturated carbocycles. The standard InChI is InChI=1S/C15H18FNO6S/c1-9-11(14(18)19)4-3-7-17(9)24(21,22)10-5-6-12(13(16)8-10)15(20)23-2/h5-6,8-9,11H,3-4,7H2,1-2H3,(H,18,19)/t9-,11-/m0/s1. The van der Waals surface area contributed by atoms with E-state index in [1.54, 1.807) is 0 Å². The molecule has 24 heavy (non-hydrogen) atoms. The average molecular weight is 359 g/mol. The highest BCUT2D eigenvalue weighted by Crippen LogP contribution is 2.30. The summed E-state index contributed by atoms with van der Waals surface area (Å²) in [4.78, 5) is 22.3. The van der Waals surface area contributed by atoms with Crippen molar-refractivity contribution in [3.8, 4) is 0 Å². The Kier molecular flexibility index (Phi) is 5.24. The molecule has 0 amide bonds. The molecular weight excluding hydrogens is 341 g/mol. The third-order valence-electron chi connectivity index (χ3n) is 4.20. The summed E-state index contributed by atoms with van der Waals surface area (Å²) in [7, 11) is -2.98. The summed E-state index contributed by atoms with van der Waals surface area (Å²) in [5.41, 5.74) is -0.369. The lowest BCUT2D eigenvalue weighted by Crippen LogP contribution is -2.49. The number of carbonyl (C=O) groups is 2. The second kappa shape index (κ2) is 6.86. The zero-order chi connectivity index (χ0) is 18.1. The number of aliphatic carboxylic acids is 1. The fourth-order valence-electron chi connectivity index (χ4n) is 2.85. The van der Waals surface area contributed by atoms with Crippen LogP contribution in [-0.2, 0) is 19.6 Å². The number of sulfonamides is 1. The average Bonchev–Trinajstić information content (AvgIpc) is 2.53. The lowest BCUT2D eigenvalue weighted by Gasteiger charge is -2.36. The number of ether oxygens (including phenoxy) is 1. The van der Waals surface area contributed by atoms with Gasteiger partial charge in [0.05, 0.1) is 23.5 Å². The second-order valence-electron chi connectivity index (χ2n) is 5.58. The number of hydrogen-bond donors (Lipinski definition) is 1. The Morgan fingerprint density at radius 3 is 2.58 bits per heavy atom. The molecule has 1 saturated heterocycles. The largest absolute Gasteiger partial charge is 0.481 e. The van der Waals surface area contributed by atoms with Crippen molar-refractivity contribution in [2.75, 3.05) is 13.7 Å². The Hall–Kier alpha value is -2.00. The van der Waals surface area contributed by atoms with Crippen molar-refractivity contribution in [3.05, 3.63) is 29.6 Å². The van der Waals surface area contributed by atoms with E-state index in [9.17, 15) is 27.5 Å². The number of carboxylic acid groups (broad SMARTS) is 1. The number of carbonyl (C=O) groups excluding carboxylic acids is 1. The smallest absolute Gasteiger partial charge is 0.340 e. The van der Waals surface area contributed by atoms with E-state index in [-0.39, 0.29) is 17.0 Å². The van der Waals surface area contributed by atoms with Gasteiger partial charge in [0.25, 0.3) is 0 Å². The molecule has 132 valence electrons. The number of esters is 1. The molecule has 0 radical (unpaired) electrons. The molecule has 1 aliphatic heterocycles. The predicted molar refractivity (Wildman–Crippen MR) is 81.5 cm³/mol. The van der Waals surface area contributed by atoms with Gasteiger partial charge >= 0.3 is 11.9 Å². The Balaban J connectivity index is 2.38. The van der Waals surface area contributed by atoms with Gasteiger partial charge in [0, 0.05) is 12.6 Å². The summed E-state index contributed by atoms with van der Waals surface area (Å²) >= 11 is 0. The second-order valence-corrected chi connectivity index (χ2v) is 7.47. The minimum absolute atomic E-state index is 0.160. The van der Waals surface area contributed by atoms with Crippen molar-refractivity contribution in [3.63, 3.8) is 0 Å². The third-order valence-corrected chi connectivity index (χ3v) is 6.18. The van der Waals surface area contributed by atoms with E-state index in [0.29, 0.717) is 12.8 Å². The van der Waals surface area contributed by atoms with Crippen molar-refractivity contribution < 1.29 is 32.2 Å². The Morgan fingerprint density at radius 1 is 1.38 bits per heavy atom. The van der Waals surface area contributed by atoms with Crippen LogP contribution in [-0.4, -0.2) is 49.5 Å². The van der Waals surface area contributed by atoms with Crippen LogP contribution < -0.4 is 0 Å². The zero-order valence-electron chi connectivity index (χ0n) is 13.2. The molecule has 1 fully saturated rings. The number of nitrogens with zero attached hydrogens (tertiary/aromatic N) is 1. The SMILES string of the molecule is COC(=O)c1ccc(S(=O)(=O)N2CCC[C@H](C(=O)O)[C@@H]2C)cc1F. The van der Waals surface area contributed by atoms with Crippen molar-refractivity contribution >= 4 is 22.0 Å². The summed E-state index contributed by atoms with van der Waals surface area (Å²) in [6, 6.07) is 2.15. The maximum absolute atomic E-state index is 14.0. The Morgan fingerprint density at radius 2 is 2.04 bits per heavy atom. The highest BCUT2D eigenvalue weighted by Gasteiger charge is 2.39. The van der Waals surface area contributed by atoms with Gasteiger partial charge in [-0.15, -0.1) is 0 Å². The third kappa shape index (κ3) is 3.27. The Bertz CT molecular complexity index is 763. The van der Waals surface area contributed by atoms with E-state index in [2.05, 4.69) is 4.74 Å². The van der Waals surface area contributed by atoms with Crippen LogP contribution in [0.3, 0.4) is 0 Å². The van der Waals surface area contributed by atoms with Crippen LogP contribution in [0.5, 0.6) is 0 Å². The van der Waals surface area contributed by atoms with Crippen LogP contribution in [0, 0.1) is 11.7 Å². The van der Waals surface area contributed by atoms with E-state index < -0.39 is 39.7 Å². The Labute approximate surface area is 139 Å². The molecule has 1 N–H and O–H groups in total. The van der Waals surface area contributed by atoms with Crippen LogP contribution in [0.1, 0.15) is 30.1 Å². The number of methoxy groups -OCH3 is 1. The van der Waals surface area contributed by atoms with Crippen LogP contribution in [0.25, 0.3) is 0 Å². The molecule has 1 aromatic carbocycles. The van der Waals surface area contributed by atoms with Gasteiger partial charge < -0.3 is 9.84 Å². The highest BCUT2D eigenvalue weighted by molar-refractivity contribution is 7.89. The van der Waals surface area contributed by atoms with Gasteiger partial charge in [0.15, 0.2) is 0 Å². The monoisotopic (exact) mass is 359 g/mol. The van der Waals surface area contributed by atoms with E-state index >= 15 is 0 Å². The molecule has 0 aliphatic carbocycles. The molecule has 2 atom stereocenters. The number of benzene rings is 1. The maximum atomic E-state index is 14.0. The summed E-state index contributed by atoms with van der Waals surface area (Å²) in [5, 5.41) is 9.20. The molecule has 2 rings (SSSR count). The molecule has 1 aromatic rings. The van der Waals surface area contributed by atoms with E-state index in [0.717, 1.165) is 29.6 Å². The normalized spacial score (nSPS) is 22.1. The quantitative estimate of drug-likeness (QED) is 0.818. The number of rotatable bonds is 4. The van der Waals surface area contributed by atoms with Crippen molar-refractivity contribution in [2.24, 2.45) is 5.92 Å². The molecule has 1 heterocycles. The van der Waals surface area contributed by atoms with Gasteiger partial charge in [0.2, 0.25) is 10.0 Å². The van der Waals surface area contributed by atoms with Crippen molar-refractivity contribution in [1.29, 1.82) is 0 Å². The first kappa shape index (κ1) is 18.3. The van der Waals surface area contributed by atoms with E-state index in [1.165, 1.54) is 6.92 Å². The number of carboxylic acids is 1. The molecule has 1 aliphatic rings. The fourth-order valence-corrected chi connectivity index (χ4v) is 4.57. The van der Waals surface area contributed by atoms with E-state index in [1.807, 2.05) is 0 Å². The number of halogens is 1. The first-order valence-electron chi connectivity index (χ1n) is 7.32. The lowest BCUT2D eigenvalue weighted by molar-refractivity contribution is -0.144. The molecule has 0 bridgehead atoms. The first-order valence-corrected chi connectivity index (χ1v) is 8.76. The van der Waals surface area contributed by atoms with Crippen LogP contribution in [0.4, 0.5) is 4.39 Å². The van der Waals surface area contributed by atoms with Crippen molar-refractivity contribution in [2.45, 2.75) is 30.7 Å². The highest BCUT2D eigenvalue weighted by atomic mass is 32.2. The molecule has 0 unspecified atom stereocenters. The van der Waals surface area contributed by atoms with Gasteiger partial charge in [0.1, 0.15) is 5.82 Å². The van der Waals surface area contributed by atoms with E-state index in [4.69, 9.17) is 0 Å². The lowest BCUT2D eigenvalue weighted by atomic mass is 9.92. The summed E-state index contributed by atoms with van der Waals surface area (Å²) in [5.74, 6) is -3.79. The van der Waals surface area contributed by atoms with Gasteiger partial charge in [-0.3, -0.25) is 4.79 Å². The fraction of sp³-hybridized carbons (Fsp3) is 0.467. The minimum atomic E-state index is -4.07. The number of hydrogen-bond acceptors (Lipinski definition) is 5. The molecule has 0 spiro atoms. The zero-order valence-corrected chi connectivity index (χ0v) is 14.0. The molecule has 7 nitrogen and oxygen atoms in total. The molecular formula is C15H18FNO6S. The van der Waals surface area contributed by atoms with Crippen LogP contribution in [0.15, 0.2) is 23.1 Å². The molecule has 9 heteroatoms. The maximum Gasteiger partial charge on any atom is 0.340 e. The van der Waals surface area contributed by atoms with Gasteiger partial charge in [-0.1, -0.05) is 0 Å².